The summed E-state index contributed by atoms with van der Waals surface area (Å²) in [6.07, 6.45) is 3.56. The van der Waals surface area contributed by atoms with Gasteiger partial charge in [0, 0.05) is 19.2 Å². The predicted octanol–water partition coefficient (Wildman–Crippen LogP) is 1.85. The number of aromatic nitrogens is 1. The van der Waals surface area contributed by atoms with E-state index in [9.17, 15) is 9.59 Å². The second kappa shape index (κ2) is 11.6. The molecule has 0 aliphatic rings. The zero-order valence-electron chi connectivity index (χ0n) is 15.3. The number of rotatable bonds is 12. The molecule has 1 heterocycles. The summed E-state index contributed by atoms with van der Waals surface area (Å²) >= 11 is 0. The first-order valence-electron chi connectivity index (χ1n) is 9.00. The van der Waals surface area contributed by atoms with E-state index in [4.69, 9.17) is 10.5 Å². The number of hydrogen-bond donors (Lipinski definition) is 3. The molecule has 0 saturated carbocycles. The topological polar surface area (TPSA) is 106 Å². The molecule has 1 aromatic carbocycles. The fourth-order valence-corrected chi connectivity index (χ4v) is 2.42. The number of nitrogens with one attached hydrogen (secondary N) is 2. The third kappa shape index (κ3) is 8.33. The van der Waals surface area contributed by atoms with Gasteiger partial charge in [0.15, 0.2) is 0 Å². The number of hydrogen-bond acceptors (Lipinski definition) is 5. The molecular formula is C20H26N4O3. The molecule has 27 heavy (non-hydrogen) atoms. The van der Waals surface area contributed by atoms with Crippen molar-refractivity contribution in [3.8, 4) is 0 Å². The lowest BCUT2D eigenvalue weighted by Crippen LogP contribution is -2.47. The lowest BCUT2D eigenvalue weighted by atomic mass is 10.2. The zero-order valence-corrected chi connectivity index (χ0v) is 15.3. The van der Waals surface area contributed by atoms with Crippen LogP contribution in [0.3, 0.4) is 0 Å². The number of ether oxygens (including phenoxy) is 1. The van der Waals surface area contributed by atoms with Gasteiger partial charge in [-0.3, -0.25) is 9.59 Å². The first-order chi connectivity index (χ1) is 13.1. The van der Waals surface area contributed by atoms with Crippen LogP contribution < -0.4 is 16.4 Å². The normalized spacial score (nSPS) is 11.6. The summed E-state index contributed by atoms with van der Waals surface area (Å²) in [6, 6.07) is 14.4. The van der Waals surface area contributed by atoms with Gasteiger partial charge in [-0.2, -0.15) is 0 Å². The Kier molecular flexibility index (Phi) is 8.79. The van der Waals surface area contributed by atoms with Gasteiger partial charge in [-0.05, 0) is 30.5 Å². The number of anilines is 1. The van der Waals surface area contributed by atoms with Crippen molar-refractivity contribution < 1.29 is 14.3 Å². The van der Waals surface area contributed by atoms with E-state index >= 15 is 0 Å². The summed E-state index contributed by atoms with van der Waals surface area (Å²) < 4.78 is 5.50. The third-order valence-corrected chi connectivity index (χ3v) is 3.88. The number of unbranched alkanes of at least 4 members (excludes halogenated alkanes) is 1. The molecule has 4 N–H and O–H groups in total. The van der Waals surface area contributed by atoms with Crippen LogP contribution in [-0.2, 0) is 20.9 Å². The molecule has 1 atom stereocenters. The van der Waals surface area contributed by atoms with Crippen LogP contribution in [0.1, 0.15) is 24.8 Å². The average molecular weight is 370 g/mol. The smallest absolute Gasteiger partial charge is 0.242 e. The van der Waals surface area contributed by atoms with Crippen molar-refractivity contribution in [2.75, 3.05) is 18.5 Å². The molecule has 1 aromatic heterocycles. The molecular weight excluding hydrogens is 344 g/mol. The van der Waals surface area contributed by atoms with Crippen LogP contribution in [0.15, 0.2) is 54.7 Å². The summed E-state index contributed by atoms with van der Waals surface area (Å²) in [4.78, 5) is 27.7. The molecule has 1 unspecified atom stereocenters. The van der Waals surface area contributed by atoms with E-state index in [1.807, 2.05) is 48.5 Å². The summed E-state index contributed by atoms with van der Waals surface area (Å²) in [7, 11) is 0. The van der Waals surface area contributed by atoms with Crippen LogP contribution in [-0.4, -0.2) is 36.0 Å². The lowest BCUT2D eigenvalue weighted by Gasteiger charge is -2.16. The Balaban J connectivity index is 1.61. The minimum atomic E-state index is -0.826. The highest BCUT2D eigenvalue weighted by Gasteiger charge is 2.18. The summed E-state index contributed by atoms with van der Waals surface area (Å²) in [5.74, 6) is -0.000476. The predicted molar refractivity (Wildman–Crippen MR) is 104 cm³/mol. The van der Waals surface area contributed by atoms with E-state index in [0.717, 1.165) is 24.3 Å². The van der Waals surface area contributed by atoms with Gasteiger partial charge in [-0.25, -0.2) is 4.98 Å². The molecule has 0 radical (unpaired) electrons. The summed E-state index contributed by atoms with van der Waals surface area (Å²) in [6.45, 7) is 1.14. The SMILES string of the molecule is NC(=O)C(COCc1ccccc1)NC(=O)CCCCNc1ccccn1. The van der Waals surface area contributed by atoms with Gasteiger partial charge in [0.2, 0.25) is 11.8 Å². The number of nitrogens with zero attached hydrogens (tertiary/aromatic N) is 1. The highest BCUT2D eigenvalue weighted by Crippen LogP contribution is 2.03. The van der Waals surface area contributed by atoms with Crippen molar-refractivity contribution in [3.05, 3.63) is 60.3 Å². The Hall–Kier alpha value is -2.93. The van der Waals surface area contributed by atoms with Crippen molar-refractivity contribution in [2.24, 2.45) is 5.73 Å². The molecule has 2 amide bonds. The van der Waals surface area contributed by atoms with E-state index in [1.165, 1.54) is 0 Å². The highest BCUT2D eigenvalue weighted by molar-refractivity contribution is 5.86. The Morgan fingerprint density at radius 2 is 1.85 bits per heavy atom. The number of carbonyl (C=O) groups excluding carboxylic acids is 2. The first kappa shape index (κ1) is 20.4. The molecule has 0 aliphatic carbocycles. The maximum atomic E-state index is 12.0. The van der Waals surface area contributed by atoms with E-state index in [2.05, 4.69) is 15.6 Å². The van der Waals surface area contributed by atoms with Crippen LogP contribution in [0.5, 0.6) is 0 Å². The van der Waals surface area contributed by atoms with Crippen LogP contribution >= 0.6 is 0 Å². The van der Waals surface area contributed by atoms with Gasteiger partial charge in [-0.1, -0.05) is 36.4 Å². The van der Waals surface area contributed by atoms with Crippen molar-refractivity contribution in [2.45, 2.75) is 31.9 Å². The Labute approximate surface area is 159 Å². The Morgan fingerprint density at radius 1 is 1.07 bits per heavy atom. The second-order valence-electron chi connectivity index (χ2n) is 6.12. The van der Waals surface area contributed by atoms with Gasteiger partial charge < -0.3 is 21.1 Å². The van der Waals surface area contributed by atoms with Crippen molar-refractivity contribution in [1.29, 1.82) is 0 Å². The maximum Gasteiger partial charge on any atom is 0.242 e. The van der Waals surface area contributed by atoms with Gasteiger partial charge in [0.05, 0.1) is 13.2 Å². The van der Waals surface area contributed by atoms with Crippen molar-refractivity contribution in [3.63, 3.8) is 0 Å². The number of pyridine rings is 1. The van der Waals surface area contributed by atoms with Crippen molar-refractivity contribution >= 4 is 17.6 Å². The van der Waals surface area contributed by atoms with Crippen LogP contribution in [0.4, 0.5) is 5.82 Å². The van der Waals surface area contributed by atoms with Crippen molar-refractivity contribution in [1.82, 2.24) is 10.3 Å². The largest absolute Gasteiger partial charge is 0.374 e. The molecule has 0 bridgehead atoms. The standard InChI is InChI=1S/C20H26N4O3/c21-20(26)17(15-27-14-16-8-2-1-3-9-16)24-19(25)11-5-7-13-23-18-10-4-6-12-22-18/h1-4,6,8-10,12,17H,5,7,11,13-15H2,(H2,21,26)(H,22,23)(H,24,25). The van der Waals surface area contributed by atoms with Gasteiger partial charge in [0.25, 0.3) is 0 Å². The summed E-state index contributed by atoms with van der Waals surface area (Å²) in [5.41, 5.74) is 6.35. The van der Waals surface area contributed by atoms with E-state index in [1.54, 1.807) is 6.20 Å². The number of nitrogens with two attached hydrogens (primary N) is 1. The minimum Gasteiger partial charge on any atom is -0.374 e. The third-order valence-electron chi connectivity index (χ3n) is 3.88. The Bertz CT molecular complexity index is 695. The van der Waals surface area contributed by atoms with Crippen LogP contribution in [0.25, 0.3) is 0 Å². The van der Waals surface area contributed by atoms with Crippen LogP contribution in [0.2, 0.25) is 0 Å². The molecule has 2 rings (SSSR count). The fourth-order valence-electron chi connectivity index (χ4n) is 2.42. The van der Waals surface area contributed by atoms with E-state index < -0.39 is 11.9 Å². The average Bonchev–Trinajstić information content (AvgIpc) is 2.68. The monoisotopic (exact) mass is 370 g/mol. The van der Waals surface area contributed by atoms with Gasteiger partial charge in [0.1, 0.15) is 11.9 Å². The minimum absolute atomic E-state index is 0.0528. The van der Waals surface area contributed by atoms with Gasteiger partial charge >= 0.3 is 0 Å². The number of benzene rings is 1. The zero-order chi connectivity index (χ0) is 19.3. The molecule has 0 saturated heterocycles. The number of carbonyl (C=O) groups is 2. The number of amides is 2. The van der Waals surface area contributed by atoms with Crippen LogP contribution in [0, 0.1) is 0 Å². The lowest BCUT2D eigenvalue weighted by molar-refractivity contribution is -0.129. The second-order valence-corrected chi connectivity index (χ2v) is 6.12. The number of primary amides is 1. The molecule has 7 nitrogen and oxygen atoms in total. The quantitative estimate of drug-likeness (QED) is 0.494. The summed E-state index contributed by atoms with van der Waals surface area (Å²) in [5, 5.41) is 5.82. The fraction of sp³-hybridized carbons (Fsp3) is 0.350. The molecule has 2 aromatic rings. The Morgan fingerprint density at radius 3 is 2.56 bits per heavy atom. The maximum absolute atomic E-state index is 12.0. The molecule has 0 aliphatic heterocycles. The van der Waals surface area contributed by atoms with Gasteiger partial charge in [-0.15, -0.1) is 0 Å². The molecule has 144 valence electrons. The molecule has 7 heteroatoms. The molecule has 0 fully saturated rings. The highest BCUT2D eigenvalue weighted by atomic mass is 16.5. The van der Waals surface area contributed by atoms with E-state index in [-0.39, 0.29) is 12.5 Å². The first-order valence-corrected chi connectivity index (χ1v) is 9.00. The molecule has 0 spiro atoms. The van der Waals surface area contributed by atoms with E-state index in [0.29, 0.717) is 19.4 Å².